The number of carbonyl (C=O) groups is 1. The Morgan fingerprint density at radius 1 is 1.41 bits per heavy atom. The SMILES string of the molecule is CC/C=C(/C)C(=O)NC(CO)c1ccccc1. The van der Waals surface area contributed by atoms with Crippen LogP contribution in [0.15, 0.2) is 42.0 Å². The van der Waals surface area contributed by atoms with E-state index >= 15 is 0 Å². The first-order chi connectivity index (χ1) is 8.19. The molecule has 1 aromatic carbocycles. The number of nitrogens with one attached hydrogen (secondary N) is 1. The second kappa shape index (κ2) is 6.86. The van der Waals surface area contributed by atoms with E-state index in [1.807, 2.05) is 43.3 Å². The van der Waals surface area contributed by atoms with Crippen LogP contribution >= 0.6 is 0 Å². The van der Waals surface area contributed by atoms with Gasteiger partial charge in [-0.2, -0.15) is 0 Å². The maximum Gasteiger partial charge on any atom is 0.247 e. The van der Waals surface area contributed by atoms with E-state index in [0.717, 1.165) is 12.0 Å². The number of allylic oxidation sites excluding steroid dienone is 1. The summed E-state index contributed by atoms with van der Waals surface area (Å²) in [6, 6.07) is 9.11. The van der Waals surface area contributed by atoms with Gasteiger partial charge < -0.3 is 10.4 Å². The van der Waals surface area contributed by atoms with Crippen molar-refractivity contribution in [2.24, 2.45) is 0 Å². The molecule has 3 heteroatoms. The summed E-state index contributed by atoms with van der Waals surface area (Å²) in [6.45, 7) is 3.66. The molecular formula is C14H19NO2. The zero-order valence-corrected chi connectivity index (χ0v) is 10.3. The average Bonchev–Trinajstić information content (AvgIpc) is 2.37. The zero-order chi connectivity index (χ0) is 12.7. The van der Waals surface area contributed by atoms with Crippen molar-refractivity contribution in [1.82, 2.24) is 5.32 Å². The van der Waals surface area contributed by atoms with E-state index < -0.39 is 0 Å². The molecule has 0 aliphatic carbocycles. The lowest BCUT2D eigenvalue weighted by atomic mass is 10.1. The van der Waals surface area contributed by atoms with Gasteiger partial charge in [-0.3, -0.25) is 4.79 Å². The standard InChI is InChI=1S/C14H19NO2/c1-3-7-11(2)14(17)15-13(10-16)12-8-5-4-6-9-12/h4-9,13,16H,3,10H2,1-2H3,(H,15,17)/b11-7-. The molecule has 0 fully saturated rings. The predicted octanol–water partition coefficient (Wildman–Crippen LogP) is 2.19. The van der Waals surface area contributed by atoms with Crippen molar-refractivity contribution in [3.63, 3.8) is 0 Å². The van der Waals surface area contributed by atoms with Crippen molar-refractivity contribution in [2.45, 2.75) is 26.3 Å². The third-order valence-corrected chi connectivity index (χ3v) is 2.56. The highest BCUT2D eigenvalue weighted by Crippen LogP contribution is 2.12. The molecule has 2 N–H and O–H groups in total. The Balaban J connectivity index is 2.72. The Bertz CT molecular complexity index is 384. The van der Waals surface area contributed by atoms with Crippen LogP contribution in [-0.2, 0) is 4.79 Å². The van der Waals surface area contributed by atoms with Crippen LogP contribution in [-0.4, -0.2) is 17.6 Å². The fourth-order valence-electron chi connectivity index (χ4n) is 1.59. The highest BCUT2D eigenvalue weighted by atomic mass is 16.3. The molecule has 0 aromatic heterocycles. The normalized spacial score (nSPS) is 13.2. The molecule has 1 atom stereocenters. The molecule has 0 aliphatic rings. The van der Waals surface area contributed by atoms with Crippen molar-refractivity contribution in [3.05, 3.63) is 47.5 Å². The Morgan fingerprint density at radius 2 is 2.06 bits per heavy atom. The van der Waals surface area contributed by atoms with Gasteiger partial charge in [0.25, 0.3) is 0 Å². The first-order valence-corrected chi connectivity index (χ1v) is 5.82. The molecule has 1 rings (SSSR count). The number of aliphatic hydroxyl groups is 1. The van der Waals surface area contributed by atoms with Gasteiger partial charge in [-0.15, -0.1) is 0 Å². The first-order valence-electron chi connectivity index (χ1n) is 5.82. The smallest absolute Gasteiger partial charge is 0.247 e. The number of hydrogen-bond acceptors (Lipinski definition) is 2. The minimum atomic E-state index is -0.344. The molecule has 17 heavy (non-hydrogen) atoms. The summed E-state index contributed by atoms with van der Waals surface area (Å²) >= 11 is 0. The number of amides is 1. The fourth-order valence-corrected chi connectivity index (χ4v) is 1.59. The van der Waals surface area contributed by atoms with Crippen LogP contribution in [0.3, 0.4) is 0 Å². The van der Waals surface area contributed by atoms with Gasteiger partial charge in [-0.05, 0) is 18.9 Å². The average molecular weight is 233 g/mol. The van der Waals surface area contributed by atoms with Gasteiger partial charge in [-0.25, -0.2) is 0 Å². The molecule has 0 saturated heterocycles. The van der Waals surface area contributed by atoms with Crippen LogP contribution < -0.4 is 5.32 Å². The molecule has 1 amide bonds. The molecular weight excluding hydrogens is 214 g/mol. The summed E-state index contributed by atoms with van der Waals surface area (Å²) < 4.78 is 0. The number of carbonyl (C=O) groups excluding carboxylic acids is 1. The van der Waals surface area contributed by atoms with Gasteiger partial charge in [0.2, 0.25) is 5.91 Å². The van der Waals surface area contributed by atoms with E-state index in [1.54, 1.807) is 6.92 Å². The third-order valence-electron chi connectivity index (χ3n) is 2.56. The zero-order valence-electron chi connectivity index (χ0n) is 10.3. The number of benzene rings is 1. The second-order valence-electron chi connectivity index (χ2n) is 3.91. The number of rotatable bonds is 5. The first kappa shape index (κ1) is 13.5. The van der Waals surface area contributed by atoms with Crippen LogP contribution in [0.1, 0.15) is 31.9 Å². The van der Waals surface area contributed by atoms with Gasteiger partial charge in [0.05, 0.1) is 12.6 Å². The van der Waals surface area contributed by atoms with E-state index in [0.29, 0.717) is 5.57 Å². The number of aliphatic hydroxyl groups excluding tert-OH is 1. The van der Waals surface area contributed by atoms with Crippen LogP contribution in [0.5, 0.6) is 0 Å². The topological polar surface area (TPSA) is 49.3 Å². The molecule has 0 heterocycles. The van der Waals surface area contributed by atoms with Crippen LogP contribution in [0.25, 0.3) is 0 Å². The lowest BCUT2D eigenvalue weighted by Gasteiger charge is -2.16. The van der Waals surface area contributed by atoms with Crippen molar-refractivity contribution in [3.8, 4) is 0 Å². The minimum absolute atomic E-state index is 0.102. The van der Waals surface area contributed by atoms with Crippen LogP contribution in [0.4, 0.5) is 0 Å². The third kappa shape index (κ3) is 4.04. The molecule has 0 radical (unpaired) electrons. The van der Waals surface area contributed by atoms with E-state index in [4.69, 9.17) is 0 Å². The molecule has 0 spiro atoms. The Labute approximate surface area is 102 Å². The maximum atomic E-state index is 11.8. The Kier molecular flexibility index (Phi) is 5.43. The fraction of sp³-hybridized carbons (Fsp3) is 0.357. The summed E-state index contributed by atoms with van der Waals surface area (Å²) in [5.41, 5.74) is 1.59. The van der Waals surface area contributed by atoms with Crippen LogP contribution in [0, 0.1) is 0 Å². The number of hydrogen-bond donors (Lipinski definition) is 2. The van der Waals surface area contributed by atoms with Crippen molar-refractivity contribution < 1.29 is 9.90 Å². The second-order valence-corrected chi connectivity index (χ2v) is 3.91. The van der Waals surface area contributed by atoms with Crippen LogP contribution in [0.2, 0.25) is 0 Å². The van der Waals surface area contributed by atoms with Gasteiger partial charge in [0.15, 0.2) is 0 Å². The highest BCUT2D eigenvalue weighted by Gasteiger charge is 2.13. The van der Waals surface area contributed by atoms with E-state index in [-0.39, 0.29) is 18.6 Å². The largest absolute Gasteiger partial charge is 0.394 e. The highest BCUT2D eigenvalue weighted by molar-refractivity contribution is 5.93. The molecule has 0 bridgehead atoms. The monoisotopic (exact) mass is 233 g/mol. The maximum absolute atomic E-state index is 11.8. The van der Waals surface area contributed by atoms with Gasteiger partial charge in [0.1, 0.15) is 0 Å². The summed E-state index contributed by atoms with van der Waals surface area (Å²) in [6.07, 6.45) is 2.70. The molecule has 0 aliphatic heterocycles. The van der Waals surface area contributed by atoms with Crippen molar-refractivity contribution >= 4 is 5.91 Å². The van der Waals surface area contributed by atoms with Gasteiger partial charge >= 0.3 is 0 Å². The Morgan fingerprint density at radius 3 is 2.59 bits per heavy atom. The van der Waals surface area contributed by atoms with E-state index in [1.165, 1.54) is 0 Å². The molecule has 92 valence electrons. The van der Waals surface area contributed by atoms with Gasteiger partial charge in [-0.1, -0.05) is 43.3 Å². The van der Waals surface area contributed by atoms with E-state index in [9.17, 15) is 9.90 Å². The summed E-state index contributed by atoms with van der Waals surface area (Å²) in [4.78, 5) is 11.8. The van der Waals surface area contributed by atoms with Crippen molar-refractivity contribution in [1.29, 1.82) is 0 Å². The molecule has 1 aromatic rings. The summed E-state index contributed by atoms with van der Waals surface area (Å²) in [5.74, 6) is -0.130. The Hall–Kier alpha value is -1.61. The van der Waals surface area contributed by atoms with E-state index in [2.05, 4.69) is 5.32 Å². The summed E-state index contributed by atoms with van der Waals surface area (Å²) in [5, 5.41) is 12.1. The quantitative estimate of drug-likeness (QED) is 0.766. The molecule has 3 nitrogen and oxygen atoms in total. The lowest BCUT2D eigenvalue weighted by Crippen LogP contribution is -2.31. The predicted molar refractivity (Wildman–Crippen MR) is 68.5 cm³/mol. The van der Waals surface area contributed by atoms with Crippen molar-refractivity contribution in [2.75, 3.05) is 6.61 Å². The summed E-state index contributed by atoms with van der Waals surface area (Å²) in [7, 11) is 0. The van der Waals surface area contributed by atoms with Gasteiger partial charge in [0, 0.05) is 5.57 Å². The lowest BCUT2D eigenvalue weighted by molar-refractivity contribution is -0.118. The molecule has 1 unspecified atom stereocenters. The minimum Gasteiger partial charge on any atom is -0.394 e. The molecule has 0 saturated carbocycles.